The Morgan fingerprint density at radius 2 is 2.05 bits per heavy atom. The van der Waals surface area contributed by atoms with Gasteiger partial charge in [0.05, 0.1) is 31.6 Å². The van der Waals surface area contributed by atoms with Crippen LogP contribution in [0.2, 0.25) is 0 Å². The third kappa shape index (κ3) is 2.49. The van der Waals surface area contributed by atoms with E-state index in [1.807, 2.05) is 13.8 Å². The van der Waals surface area contributed by atoms with Crippen molar-refractivity contribution in [3.05, 3.63) is 11.8 Å². The molecule has 7 nitrogen and oxygen atoms in total. The van der Waals surface area contributed by atoms with Crippen molar-refractivity contribution in [2.45, 2.75) is 26.3 Å². The lowest BCUT2D eigenvalue weighted by Crippen LogP contribution is -2.80. The fourth-order valence-electron chi connectivity index (χ4n) is 2.47. The number of carbonyl (C=O) groups is 2. The van der Waals surface area contributed by atoms with E-state index in [9.17, 15) is 14.7 Å². The van der Waals surface area contributed by atoms with Gasteiger partial charge in [-0.15, -0.1) is 0 Å². The van der Waals surface area contributed by atoms with Crippen molar-refractivity contribution in [3.8, 4) is 0 Å². The summed E-state index contributed by atoms with van der Waals surface area (Å²) in [4.78, 5) is 34.5. The van der Waals surface area contributed by atoms with Crippen LogP contribution in [0.1, 0.15) is 20.3 Å². The molecule has 1 saturated heterocycles. The first-order valence-electron chi connectivity index (χ1n) is 6.96. The number of nitrogens with zero attached hydrogens (tertiary/aromatic N) is 3. The number of amidine groups is 1. The lowest BCUT2D eigenvalue weighted by atomic mass is 9.90. The highest BCUT2D eigenvalue weighted by Gasteiger charge is 2.50. The first-order chi connectivity index (χ1) is 9.92. The summed E-state index contributed by atoms with van der Waals surface area (Å²) in [6.45, 7) is 3.72. The van der Waals surface area contributed by atoms with E-state index in [4.69, 9.17) is 0 Å². The quantitative estimate of drug-likeness (QED) is 0.680. The molecule has 0 spiro atoms. The number of imide groups is 1. The molecular weight excluding hydrogens is 272 g/mol. The third-order valence-corrected chi connectivity index (χ3v) is 3.90. The van der Waals surface area contributed by atoms with Crippen LogP contribution in [0.5, 0.6) is 0 Å². The Labute approximate surface area is 123 Å². The predicted octanol–water partition coefficient (Wildman–Crippen LogP) is -1.27. The van der Waals surface area contributed by atoms with Crippen LogP contribution in [0, 0.1) is 5.92 Å². The maximum absolute atomic E-state index is 12.5. The van der Waals surface area contributed by atoms with Crippen LogP contribution in [0.3, 0.4) is 0 Å². The molecule has 1 fully saturated rings. The minimum Gasteiger partial charge on any atom is -0.394 e. The molecular formula is C14H21N4O3+. The van der Waals surface area contributed by atoms with Crippen molar-refractivity contribution in [2.24, 2.45) is 10.9 Å². The smallest absolute Gasteiger partial charge is 0.394 e. The van der Waals surface area contributed by atoms with E-state index >= 15 is 0 Å². The topological polar surface area (TPSA) is 87.2 Å². The van der Waals surface area contributed by atoms with Crippen molar-refractivity contribution in [1.82, 2.24) is 9.80 Å². The summed E-state index contributed by atoms with van der Waals surface area (Å²) >= 11 is 0. The van der Waals surface area contributed by atoms with Gasteiger partial charge in [0.2, 0.25) is 0 Å². The number of carbonyl (C=O) groups excluding carboxylic acids is 2. The van der Waals surface area contributed by atoms with E-state index in [0.29, 0.717) is 18.0 Å². The molecule has 0 aromatic heterocycles. The van der Waals surface area contributed by atoms with E-state index in [-0.39, 0.29) is 24.6 Å². The van der Waals surface area contributed by atoms with Crippen molar-refractivity contribution in [3.63, 3.8) is 0 Å². The lowest BCUT2D eigenvalue weighted by Gasteiger charge is -2.32. The molecule has 21 heavy (non-hydrogen) atoms. The van der Waals surface area contributed by atoms with E-state index in [1.54, 1.807) is 13.2 Å². The molecule has 0 aromatic carbocycles. The highest BCUT2D eigenvalue weighted by Crippen LogP contribution is 2.21. The average Bonchev–Trinajstić information content (AvgIpc) is 2.49. The lowest BCUT2D eigenvalue weighted by molar-refractivity contribution is -0.383. The molecule has 7 heteroatoms. The van der Waals surface area contributed by atoms with Crippen LogP contribution in [-0.2, 0) is 4.79 Å². The number of hydrogen-bond donors (Lipinski definition) is 2. The third-order valence-electron chi connectivity index (χ3n) is 3.90. The largest absolute Gasteiger partial charge is 0.417 e. The molecule has 0 saturated carbocycles. The van der Waals surface area contributed by atoms with Gasteiger partial charge in [0.1, 0.15) is 0 Å². The van der Waals surface area contributed by atoms with Gasteiger partial charge in [0.25, 0.3) is 11.7 Å². The number of allylic oxidation sites excluding steroid dienone is 1. The number of rotatable bonds is 3. The summed E-state index contributed by atoms with van der Waals surface area (Å²) < 4.78 is 0. The van der Waals surface area contributed by atoms with Gasteiger partial charge >= 0.3 is 6.03 Å². The highest BCUT2D eigenvalue weighted by molar-refractivity contribution is 6.31. The predicted molar refractivity (Wildman–Crippen MR) is 77.7 cm³/mol. The Kier molecular flexibility index (Phi) is 4.22. The molecule has 3 amide bonds. The van der Waals surface area contributed by atoms with Crippen LogP contribution < -0.4 is 4.99 Å². The number of urea groups is 1. The maximum atomic E-state index is 12.5. The number of aliphatic hydroxyl groups excluding tert-OH is 1. The standard InChI is InChI=1S/C14H20N4O3/c1-5-9(7-19)16-11-8(2)6-15-12-10(11)13(20)18(4)14(21)17(12)3/h6,9-10,19H,5,7H2,1-4H3/p+1. The van der Waals surface area contributed by atoms with Crippen molar-refractivity contribution < 1.29 is 19.7 Å². The molecule has 0 bridgehead atoms. The van der Waals surface area contributed by atoms with Crippen LogP contribution in [-0.4, -0.2) is 65.1 Å². The minimum absolute atomic E-state index is 0.0679. The SMILES string of the molecule is CCC(CO)N=C1C(C)=C[NH+]=C2C1C(=O)N(C)C(=O)N2C. The summed E-state index contributed by atoms with van der Waals surface area (Å²) in [6, 6.07) is -0.621. The van der Waals surface area contributed by atoms with Crippen molar-refractivity contribution in [2.75, 3.05) is 20.7 Å². The minimum atomic E-state index is -0.622. The summed E-state index contributed by atoms with van der Waals surface area (Å²) in [5, 5.41) is 9.34. The molecule has 0 aliphatic carbocycles. The van der Waals surface area contributed by atoms with Crippen molar-refractivity contribution >= 4 is 23.5 Å². The molecule has 2 aliphatic rings. The van der Waals surface area contributed by atoms with Crippen LogP contribution in [0.4, 0.5) is 4.79 Å². The number of aliphatic hydroxyl groups is 1. The Morgan fingerprint density at radius 3 is 2.62 bits per heavy atom. The van der Waals surface area contributed by atoms with Gasteiger partial charge in [-0.1, -0.05) is 6.92 Å². The van der Waals surface area contributed by atoms with Crippen LogP contribution >= 0.6 is 0 Å². The molecule has 2 heterocycles. The molecule has 114 valence electrons. The van der Waals surface area contributed by atoms with Gasteiger partial charge in [-0.3, -0.25) is 9.79 Å². The zero-order chi connectivity index (χ0) is 15.7. The summed E-state index contributed by atoms with van der Waals surface area (Å²) in [5.41, 5.74) is 1.45. The number of hydrogen-bond acceptors (Lipinski definition) is 4. The Balaban J connectivity index is 2.50. The summed E-state index contributed by atoms with van der Waals surface area (Å²) in [6.07, 6.45) is 2.42. The number of fused-ring (bicyclic) bond motifs is 1. The molecule has 2 atom stereocenters. The summed E-state index contributed by atoms with van der Waals surface area (Å²) in [5.74, 6) is -0.414. The monoisotopic (exact) mass is 293 g/mol. The van der Waals surface area contributed by atoms with E-state index < -0.39 is 5.92 Å². The van der Waals surface area contributed by atoms with Gasteiger partial charge in [-0.25, -0.2) is 14.7 Å². The van der Waals surface area contributed by atoms with Gasteiger partial charge in [0.15, 0.2) is 5.92 Å². The van der Waals surface area contributed by atoms with Crippen LogP contribution in [0.15, 0.2) is 16.8 Å². The first kappa shape index (κ1) is 15.4. The number of aliphatic imine (C=N–C) groups is 1. The van der Waals surface area contributed by atoms with Gasteiger partial charge in [-0.05, 0) is 13.3 Å². The number of amides is 3. The molecule has 0 aromatic rings. The normalized spacial score (nSPS) is 25.8. The fourth-order valence-corrected chi connectivity index (χ4v) is 2.47. The summed E-state index contributed by atoms with van der Waals surface area (Å²) in [7, 11) is 3.09. The van der Waals surface area contributed by atoms with E-state index in [1.165, 1.54) is 11.9 Å². The Bertz CT molecular complexity index is 561. The van der Waals surface area contributed by atoms with E-state index in [2.05, 4.69) is 9.98 Å². The number of nitrogens with one attached hydrogen (secondary N) is 1. The molecule has 2 aliphatic heterocycles. The molecule has 2 unspecified atom stereocenters. The van der Waals surface area contributed by atoms with Gasteiger partial charge in [-0.2, -0.15) is 4.90 Å². The second-order valence-electron chi connectivity index (χ2n) is 5.29. The van der Waals surface area contributed by atoms with Crippen LogP contribution in [0.25, 0.3) is 0 Å². The van der Waals surface area contributed by atoms with Gasteiger partial charge < -0.3 is 5.11 Å². The Morgan fingerprint density at radius 1 is 1.38 bits per heavy atom. The molecule has 2 rings (SSSR count). The van der Waals surface area contributed by atoms with Gasteiger partial charge in [0, 0.05) is 12.6 Å². The average molecular weight is 293 g/mol. The zero-order valence-electron chi connectivity index (χ0n) is 12.8. The fraction of sp³-hybridized carbons (Fsp3) is 0.571. The zero-order valence-corrected chi connectivity index (χ0v) is 12.8. The maximum Gasteiger partial charge on any atom is 0.417 e. The van der Waals surface area contributed by atoms with E-state index in [0.717, 1.165) is 10.5 Å². The Hall–Kier alpha value is -2.02. The molecule has 2 N–H and O–H groups in total. The first-order valence-corrected chi connectivity index (χ1v) is 6.96. The molecule has 0 radical (unpaired) electrons. The second-order valence-corrected chi connectivity index (χ2v) is 5.29. The second kappa shape index (κ2) is 5.77. The van der Waals surface area contributed by atoms with Crippen molar-refractivity contribution in [1.29, 1.82) is 0 Å². The highest BCUT2D eigenvalue weighted by atomic mass is 16.3.